The number of nitrogens with one attached hydrogen (secondary N) is 1. The number of rotatable bonds is 7. The SMILES string of the molecule is CC[C@@](C)(CN(C)c1cccc2ccccc12)NS(=O)(=O)c1c(C)cc(C)cc1C. The van der Waals surface area contributed by atoms with Crippen molar-refractivity contribution in [2.75, 3.05) is 18.5 Å². The van der Waals surface area contributed by atoms with Gasteiger partial charge in [0.2, 0.25) is 10.0 Å². The van der Waals surface area contributed by atoms with Crippen molar-refractivity contribution in [3.05, 3.63) is 71.3 Å². The van der Waals surface area contributed by atoms with Crippen LogP contribution in [0, 0.1) is 20.8 Å². The Hall–Kier alpha value is -2.37. The van der Waals surface area contributed by atoms with Crippen LogP contribution in [0.5, 0.6) is 0 Å². The van der Waals surface area contributed by atoms with Gasteiger partial charge in [-0.2, -0.15) is 0 Å². The van der Waals surface area contributed by atoms with Gasteiger partial charge in [-0.15, -0.1) is 0 Å². The molecule has 0 unspecified atom stereocenters. The second-order valence-electron chi connectivity index (χ2n) is 8.60. The van der Waals surface area contributed by atoms with Crippen LogP contribution >= 0.6 is 0 Å². The highest BCUT2D eigenvalue weighted by molar-refractivity contribution is 7.89. The zero-order chi connectivity index (χ0) is 22.1. The lowest BCUT2D eigenvalue weighted by molar-refractivity contribution is 0.405. The smallest absolute Gasteiger partial charge is 0.241 e. The predicted molar refractivity (Wildman–Crippen MR) is 127 cm³/mol. The van der Waals surface area contributed by atoms with Crippen LogP contribution in [0.25, 0.3) is 10.8 Å². The monoisotopic (exact) mass is 424 g/mol. The second-order valence-corrected chi connectivity index (χ2v) is 10.2. The molecule has 0 aliphatic rings. The molecule has 0 saturated carbocycles. The summed E-state index contributed by atoms with van der Waals surface area (Å²) >= 11 is 0. The standard InChI is InChI=1S/C25H32N2O2S/c1-7-25(5,26-30(28,29)24-19(3)15-18(2)16-20(24)4)17-27(6)23-14-10-12-21-11-8-9-13-22(21)23/h8-16,26H,7,17H2,1-6H3/t25-/m0/s1. The number of fused-ring (bicyclic) bond motifs is 1. The number of sulfonamides is 1. The summed E-state index contributed by atoms with van der Waals surface area (Å²) in [6.45, 7) is 10.3. The first-order chi connectivity index (χ1) is 14.1. The largest absolute Gasteiger partial charge is 0.372 e. The summed E-state index contributed by atoms with van der Waals surface area (Å²) in [5.74, 6) is 0. The first kappa shape index (κ1) is 22.3. The van der Waals surface area contributed by atoms with Crippen LogP contribution < -0.4 is 9.62 Å². The lowest BCUT2D eigenvalue weighted by Crippen LogP contribution is -2.52. The van der Waals surface area contributed by atoms with Gasteiger partial charge in [-0.25, -0.2) is 13.1 Å². The third-order valence-corrected chi connectivity index (χ3v) is 7.74. The summed E-state index contributed by atoms with van der Waals surface area (Å²) in [7, 11) is -1.63. The van der Waals surface area contributed by atoms with Crippen molar-refractivity contribution in [1.29, 1.82) is 0 Å². The molecular formula is C25H32N2O2S. The van der Waals surface area contributed by atoms with Crippen LogP contribution in [-0.2, 0) is 10.0 Å². The molecule has 1 atom stereocenters. The van der Waals surface area contributed by atoms with Gasteiger partial charge in [0.25, 0.3) is 0 Å². The number of anilines is 1. The Kier molecular flexibility index (Phi) is 6.25. The summed E-state index contributed by atoms with van der Waals surface area (Å²) in [6, 6.07) is 18.3. The predicted octanol–water partition coefficient (Wildman–Crippen LogP) is 5.35. The van der Waals surface area contributed by atoms with Crippen LogP contribution in [0.15, 0.2) is 59.5 Å². The van der Waals surface area contributed by atoms with Gasteiger partial charge in [-0.3, -0.25) is 0 Å². The van der Waals surface area contributed by atoms with E-state index in [1.54, 1.807) is 0 Å². The quantitative estimate of drug-likeness (QED) is 0.556. The lowest BCUT2D eigenvalue weighted by atomic mass is 9.99. The third-order valence-electron chi connectivity index (χ3n) is 5.80. The van der Waals surface area contributed by atoms with E-state index < -0.39 is 15.6 Å². The van der Waals surface area contributed by atoms with Gasteiger partial charge in [0.05, 0.1) is 4.90 Å². The van der Waals surface area contributed by atoms with E-state index in [2.05, 4.69) is 33.9 Å². The number of hydrogen-bond acceptors (Lipinski definition) is 3. The molecule has 4 nitrogen and oxygen atoms in total. The van der Waals surface area contributed by atoms with E-state index in [0.717, 1.165) is 27.8 Å². The molecular weight excluding hydrogens is 392 g/mol. The Labute approximate surface area is 181 Å². The van der Waals surface area contributed by atoms with Crippen molar-refractivity contribution in [1.82, 2.24) is 4.72 Å². The number of nitrogens with zero attached hydrogens (tertiary/aromatic N) is 1. The molecule has 30 heavy (non-hydrogen) atoms. The Morgan fingerprint density at radius 1 is 0.967 bits per heavy atom. The highest BCUT2D eigenvalue weighted by atomic mass is 32.2. The molecule has 0 fully saturated rings. The molecule has 3 aromatic rings. The highest BCUT2D eigenvalue weighted by Gasteiger charge is 2.32. The van der Waals surface area contributed by atoms with Gasteiger partial charge >= 0.3 is 0 Å². The van der Waals surface area contributed by atoms with E-state index in [1.165, 1.54) is 5.39 Å². The Morgan fingerprint density at radius 2 is 1.57 bits per heavy atom. The molecule has 0 heterocycles. The van der Waals surface area contributed by atoms with Crippen molar-refractivity contribution < 1.29 is 8.42 Å². The minimum Gasteiger partial charge on any atom is -0.372 e. The van der Waals surface area contributed by atoms with Gasteiger partial charge in [-0.1, -0.05) is 61.0 Å². The fourth-order valence-corrected chi connectivity index (χ4v) is 6.26. The molecule has 0 aliphatic heterocycles. The van der Waals surface area contributed by atoms with Crippen LogP contribution in [0.3, 0.4) is 0 Å². The van der Waals surface area contributed by atoms with Gasteiger partial charge in [0.1, 0.15) is 0 Å². The van der Waals surface area contributed by atoms with Crippen LogP contribution in [0.1, 0.15) is 37.0 Å². The first-order valence-corrected chi connectivity index (χ1v) is 11.9. The molecule has 0 amide bonds. The fourth-order valence-electron chi connectivity index (χ4n) is 4.33. The summed E-state index contributed by atoms with van der Waals surface area (Å²) < 4.78 is 29.7. The molecule has 5 heteroatoms. The zero-order valence-electron chi connectivity index (χ0n) is 18.8. The Balaban J connectivity index is 1.92. The van der Waals surface area contributed by atoms with Crippen molar-refractivity contribution in [3.63, 3.8) is 0 Å². The van der Waals surface area contributed by atoms with E-state index in [4.69, 9.17) is 0 Å². The molecule has 0 aromatic heterocycles. The van der Waals surface area contributed by atoms with Crippen molar-refractivity contribution >= 4 is 26.5 Å². The van der Waals surface area contributed by atoms with E-state index in [1.807, 2.05) is 72.0 Å². The van der Waals surface area contributed by atoms with E-state index >= 15 is 0 Å². The molecule has 0 bridgehead atoms. The van der Waals surface area contributed by atoms with E-state index in [9.17, 15) is 8.42 Å². The Bertz CT molecular complexity index is 1140. The zero-order valence-corrected chi connectivity index (χ0v) is 19.6. The highest BCUT2D eigenvalue weighted by Crippen LogP contribution is 2.29. The minimum atomic E-state index is -3.66. The van der Waals surface area contributed by atoms with Gasteiger partial charge < -0.3 is 4.90 Å². The van der Waals surface area contributed by atoms with Crippen LogP contribution in [0.2, 0.25) is 0 Å². The molecule has 0 aliphatic carbocycles. The van der Waals surface area contributed by atoms with Gasteiger partial charge in [0.15, 0.2) is 0 Å². The molecule has 3 aromatic carbocycles. The van der Waals surface area contributed by atoms with E-state index in [-0.39, 0.29) is 0 Å². The summed E-state index contributed by atoms with van der Waals surface area (Å²) in [4.78, 5) is 2.53. The topological polar surface area (TPSA) is 49.4 Å². The van der Waals surface area contributed by atoms with Gasteiger partial charge in [-0.05, 0) is 56.7 Å². The third kappa shape index (κ3) is 4.52. The van der Waals surface area contributed by atoms with Crippen molar-refractivity contribution in [3.8, 4) is 0 Å². The molecule has 0 saturated heterocycles. The maximum absolute atomic E-state index is 13.4. The first-order valence-electron chi connectivity index (χ1n) is 10.4. The average molecular weight is 425 g/mol. The number of hydrogen-bond donors (Lipinski definition) is 1. The number of aryl methyl sites for hydroxylation is 3. The fraction of sp³-hybridized carbons (Fsp3) is 0.360. The lowest BCUT2D eigenvalue weighted by Gasteiger charge is -2.35. The average Bonchev–Trinajstić information content (AvgIpc) is 2.65. The maximum Gasteiger partial charge on any atom is 0.241 e. The number of benzene rings is 3. The maximum atomic E-state index is 13.4. The molecule has 160 valence electrons. The summed E-state index contributed by atoms with van der Waals surface area (Å²) in [5, 5.41) is 2.33. The molecule has 0 spiro atoms. The van der Waals surface area contributed by atoms with Crippen LogP contribution in [0.4, 0.5) is 5.69 Å². The Morgan fingerprint density at radius 3 is 2.20 bits per heavy atom. The molecule has 1 N–H and O–H groups in total. The summed E-state index contributed by atoms with van der Waals surface area (Å²) in [6.07, 6.45) is 0.672. The van der Waals surface area contributed by atoms with Crippen molar-refractivity contribution in [2.24, 2.45) is 0 Å². The van der Waals surface area contributed by atoms with Gasteiger partial charge in [0, 0.05) is 30.2 Å². The normalized spacial score (nSPS) is 13.9. The van der Waals surface area contributed by atoms with E-state index in [0.29, 0.717) is 17.9 Å². The summed E-state index contributed by atoms with van der Waals surface area (Å²) in [5.41, 5.74) is 3.10. The van der Waals surface area contributed by atoms with Crippen LogP contribution in [-0.4, -0.2) is 27.5 Å². The minimum absolute atomic E-state index is 0.389. The molecule has 3 rings (SSSR count). The van der Waals surface area contributed by atoms with Crippen molar-refractivity contribution in [2.45, 2.75) is 51.5 Å². The second kappa shape index (κ2) is 8.40. The molecule has 0 radical (unpaired) electrons. The number of likely N-dealkylation sites (N-methyl/N-ethyl adjacent to an activating group) is 1.